The first-order valence-electron chi connectivity index (χ1n) is 7.84. The number of ether oxygens (including phenoxy) is 1. The van der Waals surface area contributed by atoms with Gasteiger partial charge in [0.05, 0.1) is 6.61 Å². The largest absolute Gasteiger partial charge is 0.480 e. The number of nitrogens with one attached hydrogen (secondary N) is 1. The summed E-state index contributed by atoms with van der Waals surface area (Å²) in [6, 6.07) is 0.342. The topological polar surface area (TPSA) is 61.8 Å². The number of rotatable bonds is 9. The molecule has 2 unspecified atom stereocenters. The molecule has 2 fully saturated rings. The standard InChI is InChI=1S/C15H28N2O3/c1-3-16-15(14(18)19)7-6-13(10-15)17(2)8-9-20-11-12-4-5-12/h12-13,16H,3-11H2,1-2H3,(H,18,19). The van der Waals surface area contributed by atoms with E-state index in [0.717, 1.165) is 32.1 Å². The van der Waals surface area contributed by atoms with Gasteiger partial charge in [-0.3, -0.25) is 4.79 Å². The van der Waals surface area contributed by atoms with Crippen molar-refractivity contribution in [1.82, 2.24) is 10.2 Å². The predicted molar refractivity (Wildman–Crippen MR) is 77.9 cm³/mol. The molecule has 20 heavy (non-hydrogen) atoms. The van der Waals surface area contributed by atoms with E-state index in [4.69, 9.17) is 4.74 Å². The molecule has 0 saturated heterocycles. The highest BCUT2D eigenvalue weighted by atomic mass is 16.5. The third-order valence-electron chi connectivity index (χ3n) is 4.68. The number of hydrogen-bond acceptors (Lipinski definition) is 4. The summed E-state index contributed by atoms with van der Waals surface area (Å²) in [5, 5.41) is 12.6. The summed E-state index contributed by atoms with van der Waals surface area (Å²) >= 11 is 0. The second kappa shape index (κ2) is 6.87. The van der Waals surface area contributed by atoms with Gasteiger partial charge in [0.1, 0.15) is 5.54 Å². The molecule has 5 nitrogen and oxygen atoms in total. The normalized spacial score (nSPS) is 30.1. The van der Waals surface area contributed by atoms with Gasteiger partial charge in [-0.1, -0.05) is 6.92 Å². The number of carbonyl (C=O) groups is 1. The number of carboxylic acids is 1. The number of aliphatic carboxylic acids is 1. The van der Waals surface area contributed by atoms with Gasteiger partial charge < -0.3 is 20.1 Å². The summed E-state index contributed by atoms with van der Waals surface area (Å²) in [6.07, 6.45) is 4.99. The second-order valence-electron chi connectivity index (χ2n) is 6.31. The number of nitrogens with zero attached hydrogens (tertiary/aromatic N) is 1. The van der Waals surface area contributed by atoms with Gasteiger partial charge in [-0.2, -0.15) is 0 Å². The van der Waals surface area contributed by atoms with Gasteiger partial charge in [0.25, 0.3) is 0 Å². The Kier molecular flexibility index (Phi) is 5.41. The maximum absolute atomic E-state index is 11.5. The molecular weight excluding hydrogens is 256 g/mol. The van der Waals surface area contributed by atoms with Gasteiger partial charge in [-0.05, 0) is 51.6 Å². The summed E-state index contributed by atoms with van der Waals surface area (Å²) in [4.78, 5) is 13.8. The minimum Gasteiger partial charge on any atom is -0.480 e. The van der Waals surface area contributed by atoms with Crippen LogP contribution in [0.3, 0.4) is 0 Å². The van der Waals surface area contributed by atoms with Crippen LogP contribution in [0.4, 0.5) is 0 Å². The minimum atomic E-state index is -0.720. The first kappa shape index (κ1) is 15.7. The van der Waals surface area contributed by atoms with E-state index >= 15 is 0 Å². The van der Waals surface area contributed by atoms with Crippen molar-refractivity contribution in [1.29, 1.82) is 0 Å². The van der Waals surface area contributed by atoms with Gasteiger partial charge in [0.2, 0.25) is 0 Å². The lowest BCUT2D eigenvalue weighted by molar-refractivity contribution is -0.144. The van der Waals surface area contributed by atoms with E-state index in [2.05, 4.69) is 17.3 Å². The van der Waals surface area contributed by atoms with Crippen molar-refractivity contribution >= 4 is 5.97 Å². The molecule has 2 rings (SSSR count). The molecule has 2 aliphatic carbocycles. The van der Waals surface area contributed by atoms with Gasteiger partial charge >= 0.3 is 5.97 Å². The van der Waals surface area contributed by atoms with E-state index in [-0.39, 0.29) is 0 Å². The summed E-state index contributed by atoms with van der Waals surface area (Å²) < 4.78 is 5.66. The van der Waals surface area contributed by atoms with Crippen molar-refractivity contribution in [2.75, 3.05) is 33.4 Å². The summed E-state index contributed by atoms with van der Waals surface area (Å²) in [5.74, 6) is 0.0976. The van der Waals surface area contributed by atoms with Crippen LogP contribution in [0.25, 0.3) is 0 Å². The molecule has 2 saturated carbocycles. The zero-order valence-electron chi connectivity index (χ0n) is 12.7. The molecule has 0 bridgehead atoms. The second-order valence-corrected chi connectivity index (χ2v) is 6.31. The Morgan fingerprint density at radius 1 is 1.45 bits per heavy atom. The smallest absolute Gasteiger partial charge is 0.323 e. The minimum absolute atomic E-state index is 0.342. The van der Waals surface area contributed by atoms with Gasteiger partial charge in [-0.15, -0.1) is 0 Å². The SMILES string of the molecule is CCNC1(C(=O)O)CCC(N(C)CCOCC2CC2)C1. The average Bonchev–Trinajstić information content (AvgIpc) is 3.13. The van der Waals surface area contributed by atoms with Gasteiger partial charge in [0, 0.05) is 19.2 Å². The van der Waals surface area contributed by atoms with Crippen molar-refractivity contribution in [2.45, 2.75) is 50.6 Å². The molecule has 0 aromatic heterocycles. The summed E-state index contributed by atoms with van der Waals surface area (Å²) in [6.45, 7) is 5.21. The van der Waals surface area contributed by atoms with Crippen LogP contribution in [-0.4, -0.2) is 60.9 Å². The number of likely N-dealkylation sites (N-methyl/N-ethyl adjacent to an activating group) is 2. The van der Waals surface area contributed by atoms with E-state index in [0.29, 0.717) is 25.4 Å². The molecule has 0 spiro atoms. The molecule has 0 aliphatic heterocycles. The monoisotopic (exact) mass is 284 g/mol. The maximum Gasteiger partial charge on any atom is 0.323 e. The van der Waals surface area contributed by atoms with Crippen LogP contribution in [-0.2, 0) is 9.53 Å². The molecule has 0 aromatic rings. The Balaban J connectivity index is 1.73. The highest BCUT2D eigenvalue weighted by Gasteiger charge is 2.45. The summed E-state index contributed by atoms with van der Waals surface area (Å²) in [7, 11) is 2.08. The van der Waals surface area contributed by atoms with Crippen LogP contribution in [0.15, 0.2) is 0 Å². The van der Waals surface area contributed by atoms with Crippen LogP contribution in [0.1, 0.15) is 39.0 Å². The lowest BCUT2D eigenvalue weighted by Crippen LogP contribution is -2.51. The quantitative estimate of drug-likeness (QED) is 0.626. The van der Waals surface area contributed by atoms with Crippen LogP contribution in [0, 0.1) is 5.92 Å². The van der Waals surface area contributed by atoms with Crippen molar-refractivity contribution in [3.8, 4) is 0 Å². The molecule has 116 valence electrons. The molecule has 5 heteroatoms. The fraction of sp³-hybridized carbons (Fsp3) is 0.933. The average molecular weight is 284 g/mol. The fourth-order valence-electron chi connectivity index (χ4n) is 3.09. The predicted octanol–water partition coefficient (Wildman–Crippen LogP) is 1.33. The first-order valence-corrected chi connectivity index (χ1v) is 7.84. The highest BCUT2D eigenvalue weighted by molar-refractivity contribution is 5.79. The van der Waals surface area contributed by atoms with Crippen molar-refractivity contribution in [2.24, 2.45) is 5.92 Å². The zero-order valence-corrected chi connectivity index (χ0v) is 12.7. The molecular formula is C15H28N2O3. The Morgan fingerprint density at radius 3 is 2.80 bits per heavy atom. The molecule has 0 amide bonds. The van der Waals surface area contributed by atoms with Crippen molar-refractivity contribution in [3.63, 3.8) is 0 Å². The highest BCUT2D eigenvalue weighted by Crippen LogP contribution is 2.33. The van der Waals surface area contributed by atoms with E-state index in [9.17, 15) is 9.90 Å². The van der Waals surface area contributed by atoms with Gasteiger partial charge in [0.15, 0.2) is 0 Å². The molecule has 0 radical (unpaired) electrons. The van der Waals surface area contributed by atoms with Crippen LogP contribution in [0.5, 0.6) is 0 Å². The molecule has 0 heterocycles. The Hall–Kier alpha value is -0.650. The lowest BCUT2D eigenvalue weighted by Gasteiger charge is -2.28. The first-order chi connectivity index (χ1) is 9.57. The van der Waals surface area contributed by atoms with Crippen molar-refractivity contribution in [3.05, 3.63) is 0 Å². The summed E-state index contributed by atoms with van der Waals surface area (Å²) in [5.41, 5.74) is -0.720. The Bertz CT molecular complexity index is 333. The Labute approximate surface area is 121 Å². The fourth-order valence-corrected chi connectivity index (χ4v) is 3.09. The maximum atomic E-state index is 11.5. The zero-order chi connectivity index (χ0) is 14.6. The van der Waals surface area contributed by atoms with E-state index < -0.39 is 11.5 Å². The third-order valence-corrected chi connectivity index (χ3v) is 4.68. The molecule has 2 aliphatic rings. The van der Waals surface area contributed by atoms with Gasteiger partial charge in [-0.25, -0.2) is 0 Å². The third kappa shape index (κ3) is 3.93. The Morgan fingerprint density at radius 2 is 2.20 bits per heavy atom. The molecule has 2 atom stereocenters. The van der Waals surface area contributed by atoms with E-state index in [1.165, 1.54) is 12.8 Å². The number of carboxylic acid groups (broad SMARTS) is 1. The van der Waals surface area contributed by atoms with Crippen LogP contribution < -0.4 is 5.32 Å². The van der Waals surface area contributed by atoms with E-state index in [1.54, 1.807) is 0 Å². The molecule has 0 aromatic carbocycles. The molecule has 2 N–H and O–H groups in total. The number of hydrogen-bond donors (Lipinski definition) is 2. The lowest BCUT2D eigenvalue weighted by atomic mass is 9.97. The van der Waals surface area contributed by atoms with Crippen LogP contribution in [0.2, 0.25) is 0 Å². The van der Waals surface area contributed by atoms with Crippen molar-refractivity contribution < 1.29 is 14.6 Å². The van der Waals surface area contributed by atoms with Crippen LogP contribution >= 0.6 is 0 Å². The van der Waals surface area contributed by atoms with E-state index in [1.807, 2.05) is 6.92 Å².